The van der Waals surface area contributed by atoms with Crippen molar-refractivity contribution < 1.29 is 0 Å². The molecule has 0 atom stereocenters. The van der Waals surface area contributed by atoms with E-state index in [1.165, 1.54) is 0 Å². The van der Waals surface area contributed by atoms with Gasteiger partial charge in [-0.15, -0.1) is 0 Å². The lowest BCUT2D eigenvalue weighted by Gasteiger charge is -2.20. The summed E-state index contributed by atoms with van der Waals surface area (Å²) in [7, 11) is 0. The number of pyridine rings is 1. The van der Waals surface area contributed by atoms with Gasteiger partial charge in [-0.05, 0) is 11.6 Å². The molecular weight excluding hydrogens is 234 g/mol. The molecule has 0 fully saturated rings. The lowest BCUT2D eigenvalue weighted by atomic mass is 9.88. The second-order valence-electron chi connectivity index (χ2n) is 5.54. The molecular formula is C16H17N3. The molecule has 1 aromatic carbocycles. The minimum Gasteiger partial charge on any atom is -0.383 e. The minimum atomic E-state index is -0.106. The molecule has 0 aliphatic heterocycles. The van der Waals surface area contributed by atoms with Crippen molar-refractivity contribution in [2.45, 2.75) is 26.2 Å². The molecule has 3 nitrogen and oxygen atoms in total. The third kappa shape index (κ3) is 2.58. The fraction of sp³-hybridized carbons (Fsp3) is 0.250. The van der Waals surface area contributed by atoms with Gasteiger partial charge < -0.3 is 5.73 Å². The van der Waals surface area contributed by atoms with E-state index in [1.807, 2.05) is 36.4 Å². The van der Waals surface area contributed by atoms with Gasteiger partial charge in [-0.3, -0.25) is 0 Å². The van der Waals surface area contributed by atoms with E-state index in [4.69, 9.17) is 5.73 Å². The molecule has 0 saturated heterocycles. The van der Waals surface area contributed by atoms with Crippen LogP contribution in [0.5, 0.6) is 0 Å². The molecule has 0 saturated carbocycles. The van der Waals surface area contributed by atoms with Crippen LogP contribution < -0.4 is 5.73 Å². The lowest BCUT2D eigenvalue weighted by Crippen LogP contribution is -2.15. The number of rotatable bonds is 1. The molecule has 96 valence electrons. The first-order valence-corrected chi connectivity index (χ1v) is 6.20. The molecule has 2 N–H and O–H groups in total. The Balaban J connectivity index is 2.72. The van der Waals surface area contributed by atoms with Crippen LogP contribution >= 0.6 is 0 Å². The van der Waals surface area contributed by atoms with Crippen LogP contribution in [0, 0.1) is 11.3 Å². The highest BCUT2D eigenvalue weighted by atomic mass is 14.9. The van der Waals surface area contributed by atoms with Gasteiger partial charge in [0.15, 0.2) is 0 Å². The van der Waals surface area contributed by atoms with Crippen molar-refractivity contribution in [2.24, 2.45) is 0 Å². The van der Waals surface area contributed by atoms with Crippen LogP contribution in [0.25, 0.3) is 11.1 Å². The highest BCUT2D eigenvalue weighted by Crippen LogP contribution is 2.31. The summed E-state index contributed by atoms with van der Waals surface area (Å²) in [6.45, 7) is 6.24. The maximum absolute atomic E-state index is 9.28. The Kier molecular flexibility index (Phi) is 3.26. The first-order chi connectivity index (χ1) is 8.93. The predicted octanol–water partition coefficient (Wildman–Crippen LogP) is 3.50. The van der Waals surface area contributed by atoms with Gasteiger partial charge in [0.05, 0.1) is 0 Å². The predicted molar refractivity (Wildman–Crippen MR) is 77.5 cm³/mol. The second-order valence-corrected chi connectivity index (χ2v) is 5.54. The number of nitrogens with two attached hydrogens (primary N) is 1. The molecule has 0 aliphatic carbocycles. The van der Waals surface area contributed by atoms with E-state index in [9.17, 15) is 5.26 Å². The van der Waals surface area contributed by atoms with Crippen LogP contribution in [-0.4, -0.2) is 4.98 Å². The van der Waals surface area contributed by atoms with Gasteiger partial charge in [0.1, 0.15) is 17.5 Å². The molecule has 0 amide bonds. The zero-order chi connectivity index (χ0) is 14.0. The highest BCUT2D eigenvalue weighted by Gasteiger charge is 2.20. The van der Waals surface area contributed by atoms with E-state index < -0.39 is 0 Å². The quantitative estimate of drug-likeness (QED) is 0.843. The topological polar surface area (TPSA) is 62.7 Å². The normalized spacial score (nSPS) is 11.1. The van der Waals surface area contributed by atoms with E-state index in [1.54, 1.807) is 0 Å². The smallest absolute Gasteiger partial charge is 0.142 e. The summed E-state index contributed by atoms with van der Waals surface area (Å²) >= 11 is 0. The van der Waals surface area contributed by atoms with Crippen molar-refractivity contribution in [2.75, 3.05) is 5.73 Å². The molecule has 0 aliphatic rings. The summed E-state index contributed by atoms with van der Waals surface area (Å²) in [5, 5.41) is 9.28. The average Bonchev–Trinajstić information content (AvgIpc) is 2.37. The van der Waals surface area contributed by atoms with Gasteiger partial charge in [-0.1, -0.05) is 51.1 Å². The van der Waals surface area contributed by atoms with Crippen molar-refractivity contribution in [3.8, 4) is 17.2 Å². The number of nitrogens with zero attached hydrogens (tertiary/aromatic N) is 2. The average molecular weight is 251 g/mol. The summed E-state index contributed by atoms with van der Waals surface area (Å²) in [5.41, 5.74) is 9.00. The minimum absolute atomic E-state index is 0.106. The molecule has 2 rings (SSSR count). The van der Waals surface area contributed by atoms with Gasteiger partial charge in [-0.2, -0.15) is 5.26 Å². The maximum atomic E-state index is 9.28. The van der Waals surface area contributed by atoms with Crippen LogP contribution in [0.4, 0.5) is 5.82 Å². The molecule has 2 aromatic rings. The number of hydrogen-bond donors (Lipinski definition) is 1. The van der Waals surface area contributed by atoms with Gasteiger partial charge >= 0.3 is 0 Å². The molecule has 1 aromatic heterocycles. The van der Waals surface area contributed by atoms with E-state index in [-0.39, 0.29) is 5.41 Å². The molecule has 0 bridgehead atoms. The Hall–Kier alpha value is -2.34. The third-order valence-electron chi connectivity index (χ3n) is 3.01. The summed E-state index contributed by atoms with van der Waals surface area (Å²) in [6.07, 6.45) is 0. The van der Waals surface area contributed by atoms with Gasteiger partial charge in [-0.25, -0.2) is 4.98 Å². The van der Waals surface area contributed by atoms with E-state index >= 15 is 0 Å². The van der Waals surface area contributed by atoms with E-state index in [2.05, 4.69) is 31.8 Å². The van der Waals surface area contributed by atoms with Gasteiger partial charge in [0.2, 0.25) is 0 Å². The Morgan fingerprint density at radius 2 is 1.79 bits per heavy atom. The van der Waals surface area contributed by atoms with Crippen LogP contribution in [-0.2, 0) is 5.41 Å². The number of hydrogen-bond acceptors (Lipinski definition) is 3. The summed E-state index contributed by atoms with van der Waals surface area (Å²) in [6, 6.07) is 13.9. The first kappa shape index (κ1) is 13.1. The Morgan fingerprint density at radius 3 is 2.32 bits per heavy atom. The Labute approximate surface area is 113 Å². The molecule has 0 radical (unpaired) electrons. The van der Waals surface area contributed by atoms with Crippen molar-refractivity contribution in [1.29, 1.82) is 5.26 Å². The summed E-state index contributed by atoms with van der Waals surface area (Å²) in [4.78, 5) is 4.36. The van der Waals surface area contributed by atoms with Crippen molar-refractivity contribution in [3.05, 3.63) is 47.7 Å². The van der Waals surface area contributed by atoms with Crippen molar-refractivity contribution in [1.82, 2.24) is 4.98 Å². The van der Waals surface area contributed by atoms with Crippen LogP contribution in [0.15, 0.2) is 36.4 Å². The molecule has 0 unspecified atom stereocenters. The van der Waals surface area contributed by atoms with Crippen LogP contribution in [0.3, 0.4) is 0 Å². The zero-order valence-electron chi connectivity index (χ0n) is 11.4. The largest absolute Gasteiger partial charge is 0.383 e. The standard InChI is InChI=1S/C16H17N3/c1-16(2,3)14-9-12(11-7-5-4-6-8-11)13(10-17)15(18)19-14/h4-9H,1-3H3,(H2,18,19). The summed E-state index contributed by atoms with van der Waals surface area (Å²) in [5.74, 6) is 0.300. The zero-order valence-corrected chi connectivity index (χ0v) is 11.4. The third-order valence-corrected chi connectivity index (χ3v) is 3.01. The van der Waals surface area contributed by atoms with E-state index in [0.717, 1.165) is 16.8 Å². The lowest BCUT2D eigenvalue weighted by molar-refractivity contribution is 0.570. The second kappa shape index (κ2) is 4.74. The Bertz CT molecular complexity index is 632. The van der Waals surface area contributed by atoms with Crippen molar-refractivity contribution in [3.63, 3.8) is 0 Å². The number of nitriles is 1. The Morgan fingerprint density at radius 1 is 1.16 bits per heavy atom. The number of aromatic nitrogens is 1. The number of anilines is 1. The maximum Gasteiger partial charge on any atom is 0.142 e. The fourth-order valence-electron chi connectivity index (χ4n) is 1.91. The summed E-state index contributed by atoms with van der Waals surface area (Å²) < 4.78 is 0. The first-order valence-electron chi connectivity index (χ1n) is 6.20. The highest BCUT2D eigenvalue weighted by molar-refractivity contribution is 5.75. The number of benzene rings is 1. The van der Waals surface area contributed by atoms with Gasteiger partial charge in [0, 0.05) is 16.7 Å². The molecule has 0 spiro atoms. The van der Waals surface area contributed by atoms with Gasteiger partial charge in [0.25, 0.3) is 0 Å². The van der Waals surface area contributed by atoms with Crippen LogP contribution in [0.1, 0.15) is 32.0 Å². The molecule has 19 heavy (non-hydrogen) atoms. The molecule has 3 heteroatoms. The van der Waals surface area contributed by atoms with Crippen LogP contribution in [0.2, 0.25) is 0 Å². The number of nitrogen functional groups attached to an aromatic ring is 1. The van der Waals surface area contributed by atoms with E-state index in [0.29, 0.717) is 11.4 Å². The van der Waals surface area contributed by atoms with Crippen molar-refractivity contribution >= 4 is 5.82 Å². The monoisotopic (exact) mass is 251 g/mol. The SMILES string of the molecule is CC(C)(C)c1cc(-c2ccccc2)c(C#N)c(N)n1. The fourth-order valence-corrected chi connectivity index (χ4v) is 1.91. The molecule has 1 heterocycles.